The molecule has 0 aromatic heterocycles. The summed E-state index contributed by atoms with van der Waals surface area (Å²) in [5, 5.41) is 3.75. The van der Waals surface area contributed by atoms with Gasteiger partial charge in [-0.2, -0.15) is 0 Å². The second-order valence-corrected chi connectivity index (χ2v) is 9.61. The van der Waals surface area contributed by atoms with E-state index in [0.29, 0.717) is 11.5 Å². The van der Waals surface area contributed by atoms with Crippen LogP contribution in [0.1, 0.15) is 51.9 Å². The van der Waals surface area contributed by atoms with Gasteiger partial charge in [-0.05, 0) is 111 Å². The molecule has 2 aromatic rings. The Morgan fingerprint density at radius 2 is 1.41 bits per heavy atom. The molecule has 27 heavy (non-hydrogen) atoms. The molecule has 0 amide bonds. The summed E-state index contributed by atoms with van der Waals surface area (Å²) in [4.78, 5) is 0. The highest BCUT2D eigenvalue weighted by atomic mass is 16.5. The summed E-state index contributed by atoms with van der Waals surface area (Å²) in [5.74, 6) is 4.89. The maximum absolute atomic E-state index is 5.90. The number of nitrogens with one attached hydrogen (secondary N) is 1. The van der Waals surface area contributed by atoms with E-state index >= 15 is 0 Å². The maximum Gasteiger partial charge on any atom is 0.127 e. The van der Waals surface area contributed by atoms with Crippen molar-refractivity contribution < 1.29 is 4.74 Å². The largest absolute Gasteiger partial charge is 0.457 e. The van der Waals surface area contributed by atoms with Crippen LogP contribution in [0.25, 0.3) is 0 Å². The van der Waals surface area contributed by atoms with Gasteiger partial charge in [0.2, 0.25) is 0 Å². The minimum Gasteiger partial charge on any atom is -0.457 e. The molecule has 1 unspecified atom stereocenters. The third-order valence-corrected chi connectivity index (χ3v) is 7.15. The Bertz CT molecular complexity index is 731. The lowest BCUT2D eigenvalue weighted by Gasteiger charge is -2.57. The molecule has 142 valence electrons. The van der Waals surface area contributed by atoms with Crippen LogP contribution in [-0.2, 0) is 0 Å². The number of para-hydroxylation sites is 1. The van der Waals surface area contributed by atoms with Crippen LogP contribution in [0.15, 0.2) is 54.6 Å². The lowest BCUT2D eigenvalue weighted by atomic mass is 9.48. The minimum absolute atomic E-state index is 0.530. The number of anilines is 1. The molecule has 4 bridgehead atoms. The van der Waals surface area contributed by atoms with E-state index in [4.69, 9.17) is 4.74 Å². The summed E-state index contributed by atoms with van der Waals surface area (Å²) in [6, 6.07) is 18.9. The van der Waals surface area contributed by atoms with Gasteiger partial charge >= 0.3 is 0 Å². The first-order valence-corrected chi connectivity index (χ1v) is 10.8. The van der Waals surface area contributed by atoms with E-state index in [2.05, 4.69) is 36.5 Å². The van der Waals surface area contributed by atoms with Gasteiger partial charge in [-0.3, -0.25) is 0 Å². The van der Waals surface area contributed by atoms with E-state index in [1.165, 1.54) is 50.6 Å². The van der Waals surface area contributed by atoms with E-state index < -0.39 is 0 Å². The smallest absolute Gasteiger partial charge is 0.127 e. The van der Waals surface area contributed by atoms with Gasteiger partial charge in [0.25, 0.3) is 0 Å². The highest BCUT2D eigenvalue weighted by Crippen LogP contribution is 2.61. The van der Waals surface area contributed by atoms with Crippen LogP contribution in [0, 0.1) is 23.2 Å². The summed E-state index contributed by atoms with van der Waals surface area (Å²) in [7, 11) is 0. The fraction of sp³-hybridized carbons (Fsp3) is 0.520. The summed E-state index contributed by atoms with van der Waals surface area (Å²) in [5.41, 5.74) is 1.84. The number of benzene rings is 2. The van der Waals surface area contributed by atoms with Crippen molar-refractivity contribution in [2.24, 2.45) is 23.2 Å². The zero-order chi connectivity index (χ0) is 18.3. The van der Waals surface area contributed by atoms with Crippen LogP contribution in [-0.4, -0.2) is 6.04 Å². The fourth-order valence-electron chi connectivity index (χ4n) is 6.77. The first-order valence-electron chi connectivity index (χ1n) is 10.8. The summed E-state index contributed by atoms with van der Waals surface area (Å²) < 4.78 is 5.90. The summed E-state index contributed by atoms with van der Waals surface area (Å²) >= 11 is 0. The molecule has 0 radical (unpaired) electrons. The van der Waals surface area contributed by atoms with E-state index in [1.54, 1.807) is 0 Å². The van der Waals surface area contributed by atoms with Crippen molar-refractivity contribution in [2.75, 3.05) is 5.32 Å². The van der Waals surface area contributed by atoms with Crippen LogP contribution in [0.4, 0.5) is 5.69 Å². The highest BCUT2D eigenvalue weighted by molar-refractivity contribution is 5.47. The summed E-state index contributed by atoms with van der Waals surface area (Å²) in [6.07, 6.45) is 10.4. The first kappa shape index (κ1) is 17.2. The quantitative estimate of drug-likeness (QED) is 0.605. The summed E-state index contributed by atoms with van der Waals surface area (Å²) in [6.45, 7) is 2.37. The van der Waals surface area contributed by atoms with E-state index in [1.807, 2.05) is 30.3 Å². The molecular weight excluding hydrogens is 330 g/mol. The molecular formula is C25H31NO. The van der Waals surface area contributed by atoms with Crippen LogP contribution < -0.4 is 10.1 Å². The molecule has 6 rings (SSSR count). The molecule has 2 aromatic carbocycles. The van der Waals surface area contributed by atoms with Crippen LogP contribution in [0.5, 0.6) is 11.5 Å². The molecule has 4 saturated carbocycles. The highest BCUT2D eigenvalue weighted by Gasteiger charge is 2.50. The number of rotatable bonds is 6. The average Bonchev–Trinajstić information content (AvgIpc) is 2.62. The van der Waals surface area contributed by atoms with Crippen LogP contribution >= 0.6 is 0 Å². The second-order valence-electron chi connectivity index (χ2n) is 9.61. The van der Waals surface area contributed by atoms with Gasteiger partial charge in [0, 0.05) is 11.7 Å². The van der Waals surface area contributed by atoms with Crippen LogP contribution in [0.3, 0.4) is 0 Å². The Morgan fingerprint density at radius 3 is 2.00 bits per heavy atom. The standard InChI is InChI=1S/C25H31NO/c1-18(14-25-15-19-11-20(16-25)13-21(12-19)17-25)26-22-7-9-24(10-8-22)27-23-5-3-2-4-6-23/h2-10,18-21,26H,11-17H2,1H3. The number of hydrogen-bond acceptors (Lipinski definition) is 2. The van der Waals surface area contributed by atoms with Gasteiger partial charge in [-0.15, -0.1) is 0 Å². The van der Waals surface area contributed by atoms with Crippen molar-refractivity contribution in [1.82, 2.24) is 0 Å². The SMILES string of the molecule is CC(CC12CC3CC(CC(C3)C1)C2)Nc1ccc(Oc2ccccc2)cc1. The molecule has 4 aliphatic rings. The van der Waals surface area contributed by atoms with Crippen molar-refractivity contribution in [2.45, 2.75) is 57.9 Å². The van der Waals surface area contributed by atoms with Gasteiger partial charge in [0.15, 0.2) is 0 Å². The lowest BCUT2D eigenvalue weighted by molar-refractivity contribution is -0.0587. The van der Waals surface area contributed by atoms with Gasteiger partial charge in [0.05, 0.1) is 0 Å². The van der Waals surface area contributed by atoms with Crippen molar-refractivity contribution >= 4 is 5.69 Å². The monoisotopic (exact) mass is 361 g/mol. The zero-order valence-corrected chi connectivity index (χ0v) is 16.4. The molecule has 0 saturated heterocycles. The predicted molar refractivity (Wildman–Crippen MR) is 111 cm³/mol. The van der Waals surface area contributed by atoms with Gasteiger partial charge in [-0.25, -0.2) is 0 Å². The van der Waals surface area contributed by atoms with Crippen molar-refractivity contribution in [3.05, 3.63) is 54.6 Å². The minimum atomic E-state index is 0.530. The molecule has 2 nitrogen and oxygen atoms in total. The Hall–Kier alpha value is -1.96. The molecule has 1 atom stereocenters. The van der Waals surface area contributed by atoms with Gasteiger partial charge in [0.1, 0.15) is 11.5 Å². The third kappa shape index (κ3) is 3.72. The molecule has 4 fully saturated rings. The molecule has 4 aliphatic carbocycles. The predicted octanol–water partition coefficient (Wildman–Crippen LogP) is 6.89. The van der Waals surface area contributed by atoms with Crippen LogP contribution in [0.2, 0.25) is 0 Å². The number of hydrogen-bond donors (Lipinski definition) is 1. The lowest BCUT2D eigenvalue weighted by Crippen LogP contribution is -2.47. The molecule has 0 spiro atoms. The Balaban J connectivity index is 1.19. The van der Waals surface area contributed by atoms with Crippen molar-refractivity contribution in [3.63, 3.8) is 0 Å². The van der Waals surface area contributed by atoms with Crippen molar-refractivity contribution in [3.8, 4) is 11.5 Å². The topological polar surface area (TPSA) is 21.3 Å². The Morgan fingerprint density at radius 1 is 0.852 bits per heavy atom. The number of ether oxygens (including phenoxy) is 1. The van der Waals surface area contributed by atoms with Crippen molar-refractivity contribution in [1.29, 1.82) is 0 Å². The normalized spacial score (nSPS) is 32.3. The second kappa shape index (κ2) is 6.89. The maximum atomic E-state index is 5.90. The third-order valence-electron chi connectivity index (χ3n) is 7.15. The van der Waals surface area contributed by atoms with E-state index in [0.717, 1.165) is 29.3 Å². The van der Waals surface area contributed by atoms with Gasteiger partial charge in [-0.1, -0.05) is 18.2 Å². The van der Waals surface area contributed by atoms with E-state index in [9.17, 15) is 0 Å². The molecule has 0 heterocycles. The fourth-order valence-corrected chi connectivity index (χ4v) is 6.77. The molecule has 0 aliphatic heterocycles. The average molecular weight is 362 g/mol. The first-order chi connectivity index (χ1) is 13.2. The Kier molecular flexibility index (Phi) is 4.38. The zero-order valence-electron chi connectivity index (χ0n) is 16.4. The van der Waals surface area contributed by atoms with E-state index in [-0.39, 0.29) is 0 Å². The molecule has 1 N–H and O–H groups in total. The van der Waals surface area contributed by atoms with Gasteiger partial charge < -0.3 is 10.1 Å². The Labute approximate surface area is 163 Å². The molecule has 2 heteroatoms.